The predicted molar refractivity (Wildman–Crippen MR) is 92.3 cm³/mol. The monoisotopic (exact) mass is 351 g/mol. The first-order valence-electron chi connectivity index (χ1n) is 8.23. The Kier molecular flexibility index (Phi) is 5.19. The highest BCUT2D eigenvalue weighted by Gasteiger charge is 2.25. The molecule has 0 aromatic heterocycles. The van der Waals surface area contributed by atoms with E-state index in [0.29, 0.717) is 0 Å². The Morgan fingerprint density at radius 3 is 2.43 bits per heavy atom. The molecule has 0 atom stereocenters. The lowest BCUT2D eigenvalue weighted by molar-refractivity contribution is 0.0896. The van der Waals surface area contributed by atoms with Gasteiger partial charge in [-0.2, -0.15) is 0 Å². The van der Waals surface area contributed by atoms with Crippen molar-refractivity contribution in [3.8, 4) is 0 Å². The van der Waals surface area contributed by atoms with Crippen LogP contribution in [0.1, 0.15) is 37.7 Å². The second-order valence-electron chi connectivity index (χ2n) is 6.41. The second-order valence-corrected chi connectivity index (χ2v) is 7.27. The van der Waals surface area contributed by atoms with Gasteiger partial charge in [-0.15, -0.1) is 0 Å². The molecule has 0 unspecified atom stereocenters. The number of hydrogen-bond donors (Lipinski definition) is 1. The Balaban J connectivity index is 1.54. The van der Waals surface area contributed by atoms with Gasteiger partial charge in [0.15, 0.2) is 0 Å². The number of benzene rings is 1. The molecular weight excluding hydrogens is 326 g/mol. The summed E-state index contributed by atoms with van der Waals surface area (Å²) < 4.78 is 1.14. The van der Waals surface area contributed by atoms with Crippen molar-refractivity contribution >= 4 is 21.6 Å². The lowest BCUT2D eigenvalue weighted by Crippen LogP contribution is -2.46. The molecule has 2 fully saturated rings. The number of nitrogen functional groups attached to an aromatic ring is 1. The summed E-state index contributed by atoms with van der Waals surface area (Å²) in [6, 6.07) is 6.91. The van der Waals surface area contributed by atoms with E-state index in [1.54, 1.807) is 0 Å². The third kappa shape index (κ3) is 3.79. The Labute approximate surface area is 136 Å². The van der Waals surface area contributed by atoms with E-state index >= 15 is 0 Å². The fourth-order valence-electron chi connectivity index (χ4n) is 3.69. The summed E-state index contributed by atoms with van der Waals surface area (Å²) in [5.41, 5.74) is 8.27. The molecule has 2 aliphatic heterocycles. The van der Waals surface area contributed by atoms with Gasteiger partial charge in [-0.3, -0.25) is 4.90 Å². The third-order valence-electron chi connectivity index (χ3n) is 5.00. The molecule has 3 rings (SSSR count). The molecule has 0 amide bonds. The van der Waals surface area contributed by atoms with Gasteiger partial charge in [-0.05, 0) is 64.0 Å². The molecule has 2 heterocycles. The van der Waals surface area contributed by atoms with Gasteiger partial charge in [-0.25, -0.2) is 0 Å². The summed E-state index contributed by atoms with van der Waals surface area (Å²) in [4.78, 5) is 5.28. The van der Waals surface area contributed by atoms with Crippen molar-refractivity contribution in [1.29, 1.82) is 0 Å². The van der Waals surface area contributed by atoms with Gasteiger partial charge in [0.25, 0.3) is 0 Å². The van der Waals surface area contributed by atoms with Crippen LogP contribution in [0.15, 0.2) is 22.7 Å². The number of nitrogens with two attached hydrogens (primary N) is 1. The highest BCUT2D eigenvalue weighted by Crippen LogP contribution is 2.27. The summed E-state index contributed by atoms with van der Waals surface area (Å²) >= 11 is 3.63. The zero-order valence-electron chi connectivity index (χ0n) is 12.7. The summed E-state index contributed by atoms with van der Waals surface area (Å²) in [5.74, 6) is 0. The van der Waals surface area contributed by atoms with Crippen LogP contribution in [0.2, 0.25) is 0 Å². The van der Waals surface area contributed by atoms with Crippen molar-refractivity contribution in [3.63, 3.8) is 0 Å². The molecule has 0 aliphatic carbocycles. The Morgan fingerprint density at radius 1 is 1.05 bits per heavy atom. The minimum absolute atomic E-state index is 0.818. The molecule has 3 nitrogen and oxygen atoms in total. The van der Waals surface area contributed by atoms with Gasteiger partial charge in [0.05, 0.1) is 0 Å². The SMILES string of the molecule is Nc1cccc(Br)c1CN1CCC(N2CCCCC2)CC1. The van der Waals surface area contributed by atoms with Gasteiger partial charge in [0, 0.05) is 28.3 Å². The van der Waals surface area contributed by atoms with Gasteiger partial charge in [0.1, 0.15) is 0 Å². The molecule has 116 valence electrons. The molecule has 0 bridgehead atoms. The fraction of sp³-hybridized carbons (Fsp3) is 0.647. The number of rotatable bonds is 3. The molecule has 21 heavy (non-hydrogen) atoms. The molecule has 0 radical (unpaired) electrons. The van der Waals surface area contributed by atoms with Crippen molar-refractivity contribution in [1.82, 2.24) is 9.80 Å². The molecular formula is C17H26BrN3. The third-order valence-corrected chi connectivity index (χ3v) is 5.74. The van der Waals surface area contributed by atoms with Crippen molar-refractivity contribution in [3.05, 3.63) is 28.2 Å². The van der Waals surface area contributed by atoms with E-state index in [1.807, 2.05) is 12.1 Å². The number of halogens is 1. The van der Waals surface area contributed by atoms with Gasteiger partial charge < -0.3 is 10.6 Å². The Hall–Kier alpha value is -0.580. The predicted octanol–water partition coefficient (Wildman–Crippen LogP) is 3.48. The van der Waals surface area contributed by atoms with E-state index < -0.39 is 0 Å². The first kappa shape index (κ1) is 15.3. The minimum Gasteiger partial charge on any atom is -0.398 e. The zero-order chi connectivity index (χ0) is 14.7. The zero-order valence-corrected chi connectivity index (χ0v) is 14.3. The van der Waals surface area contributed by atoms with Crippen molar-refractivity contribution in [2.75, 3.05) is 31.9 Å². The fourth-order valence-corrected chi connectivity index (χ4v) is 4.20. The van der Waals surface area contributed by atoms with Crippen LogP contribution in [0.25, 0.3) is 0 Å². The molecule has 0 saturated carbocycles. The van der Waals surface area contributed by atoms with E-state index in [2.05, 4.69) is 31.8 Å². The van der Waals surface area contributed by atoms with Gasteiger partial charge in [0.2, 0.25) is 0 Å². The summed E-state index contributed by atoms with van der Waals surface area (Å²) in [5, 5.41) is 0. The molecule has 0 spiro atoms. The maximum absolute atomic E-state index is 6.12. The van der Waals surface area contributed by atoms with Crippen LogP contribution < -0.4 is 5.73 Å². The first-order chi connectivity index (χ1) is 10.2. The molecule has 4 heteroatoms. The lowest BCUT2D eigenvalue weighted by atomic mass is 9.99. The van der Waals surface area contributed by atoms with E-state index in [0.717, 1.165) is 22.7 Å². The van der Waals surface area contributed by atoms with Crippen LogP contribution in [0.5, 0.6) is 0 Å². The van der Waals surface area contributed by atoms with Crippen molar-refractivity contribution in [2.45, 2.75) is 44.7 Å². The van der Waals surface area contributed by atoms with Crippen molar-refractivity contribution in [2.24, 2.45) is 0 Å². The first-order valence-corrected chi connectivity index (χ1v) is 9.02. The number of hydrogen-bond acceptors (Lipinski definition) is 3. The average molecular weight is 352 g/mol. The standard InChI is InChI=1S/C17H26BrN3/c18-16-5-4-6-17(19)15(16)13-20-11-7-14(8-12-20)21-9-2-1-3-10-21/h4-6,14H,1-3,7-13,19H2. The van der Waals surface area contributed by atoms with Gasteiger partial charge >= 0.3 is 0 Å². The van der Waals surface area contributed by atoms with E-state index in [-0.39, 0.29) is 0 Å². The van der Waals surface area contributed by atoms with E-state index in [9.17, 15) is 0 Å². The minimum atomic E-state index is 0.818. The second kappa shape index (κ2) is 7.12. The molecule has 1 aromatic carbocycles. The van der Waals surface area contributed by atoms with Crippen LogP contribution in [-0.4, -0.2) is 42.0 Å². The number of anilines is 1. The Bertz CT molecular complexity index is 443. The van der Waals surface area contributed by atoms with E-state index in [1.165, 1.54) is 63.8 Å². The van der Waals surface area contributed by atoms with Crippen LogP contribution in [0, 0.1) is 0 Å². The maximum Gasteiger partial charge on any atom is 0.0371 e. The van der Waals surface area contributed by atoms with E-state index in [4.69, 9.17) is 5.73 Å². The normalized spacial score (nSPS) is 22.5. The summed E-state index contributed by atoms with van der Waals surface area (Å²) in [6.07, 6.45) is 6.84. The highest BCUT2D eigenvalue weighted by atomic mass is 79.9. The van der Waals surface area contributed by atoms with Crippen LogP contribution in [0.4, 0.5) is 5.69 Å². The van der Waals surface area contributed by atoms with Crippen molar-refractivity contribution < 1.29 is 0 Å². The quantitative estimate of drug-likeness (QED) is 0.846. The topological polar surface area (TPSA) is 32.5 Å². The van der Waals surface area contributed by atoms with Crippen LogP contribution >= 0.6 is 15.9 Å². The summed E-state index contributed by atoms with van der Waals surface area (Å²) in [6.45, 7) is 6.01. The van der Waals surface area contributed by atoms with Crippen LogP contribution in [0.3, 0.4) is 0 Å². The maximum atomic E-state index is 6.12. The largest absolute Gasteiger partial charge is 0.398 e. The molecule has 2 N–H and O–H groups in total. The highest BCUT2D eigenvalue weighted by molar-refractivity contribution is 9.10. The van der Waals surface area contributed by atoms with Gasteiger partial charge in [-0.1, -0.05) is 28.4 Å². The number of likely N-dealkylation sites (tertiary alicyclic amines) is 2. The molecule has 2 saturated heterocycles. The lowest BCUT2D eigenvalue weighted by Gasteiger charge is -2.40. The van der Waals surface area contributed by atoms with Crippen LogP contribution in [-0.2, 0) is 6.54 Å². The Morgan fingerprint density at radius 2 is 1.76 bits per heavy atom. The number of nitrogens with zero attached hydrogens (tertiary/aromatic N) is 2. The number of piperidine rings is 2. The average Bonchev–Trinajstić information content (AvgIpc) is 2.53. The molecule has 2 aliphatic rings. The smallest absolute Gasteiger partial charge is 0.0371 e. The summed E-state index contributed by atoms with van der Waals surface area (Å²) in [7, 11) is 0. The molecule has 1 aromatic rings.